The first kappa shape index (κ1) is 18.0. The summed E-state index contributed by atoms with van der Waals surface area (Å²) >= 11 is 0. The molecule has 0 aliphatic carbocycles. The van der Waals surface area contributed by atoms with Crippen LogP contribution in [-0.2, 0) is 4.79 Å². The van der Waals surface area contributed by atoms with Crippen LogP contribution in [0.15, 0.2) is 0 Å². The van der Waals surface area contributed by atoms with Crippen molar-refractivity contribution in [2.75, 3.05) is 26.2 Å². The van der Waals surface area contributed by atoms with Gasteiger partial charge in [-0.25, -0.2) is 0 Å². The Kier molecular flexibility index (Phi) is 5.14. The fourth-order valence-electron chi connectivity index (χ4n) is 2.03. The first-order valence-corrected chi connectivity index (χ1v) is 6.26. The van der Waals surface area contributed by atoms with Gasteiger partial charge in [-0.05, 0) is 25.8 Å². The van der Waals surface area contributed by atoms with Crippen molar-refractivity contribution < 1.29 is 31.1 Å². The number of carbonyl (C=O) groups is 1. The van der Waals surface area contributed by atoms with E-state index < -0.39 is 30.3 Å². The number of alkyl halides is 6. The number of likely N-dealkylation sites (tertiary alicyclic amines) is 1. The lowest BCUT2D eigenvalue weighted by Crippen LogP contribution is -2.61. The molecule has 0 spiro atoms. The minimum Gasteiger partial charge on any atom is -0.354 e. The van der Waals surface area contributed by atoms with E-state index in [-0.39, 0.29) is 25.6 Å². The van der Waals surface area contributed by atoms with Crippen LogP contribution >= 0.6 is 0 Å². The topological polar surface area (TPSA) is 58.4 Å². The van der Waals surface area contributed by atoms with Crippen LogP contribution in [0.1, 0.15) is 13.3 Å². The number of nitrogens with two attached hydrogens (primary N) is 1. The molecular formula is C11H17F6N3O. The van der Waals surface area contributed by atoms with Crippen LogP contribution in [0.25, 0.3) is 0 Å². The third-order valence-corrected chi connectivity index (χ3v) is 3.38. The Labute approximate surface area is 117 Å². The van der Waals surface area contributed by atoms with Gasteiger partial charge in [0.05, 0.1) is 6.54 Å². The Hall–Kier alpha value is -1.03. The molecule has 0 bridgehead atoms. The molecule has 3 N–H and O–H groups in total. The summed E-state index contributed by atoms with van der Waals surface area (Å²) in [5.41, 5.74) is 1.92. The van der Waals surface area contributed by atoms with Gasteiger partial charge in [0, 0.05) is 13.1 Å². The molecule has 0 aromatic carbocycles. The summed E-state index contributed by atoms with van der Waals surface area (Å²) in [5.74, 6) is -1.70. The maximum atomic E-state index is 12.5. The van der Waals surface area contributed by atoms with Crippen molar-refractivity contribution in [2.24, 2.45) is 11.7 Å². The number of nitrogens with one attached hydrogen (secondary N) is 1. The first-order valence-electron chi connectivity index (χ1n) is 6.26. The van der Waals surface area contributed by atoms with E-state index in [2.05, 4.69) is 5.32 Å². The molecule has 1 saturated heterocycles. The number of nitrogens with zero attached hydrogens (tertiary/aromatic N) is 1. The maximum Gasteiger partial charge on any atom is 0.415 e. The monoisotopic (exact) mass is 321 g/mol. The highest BCUT2D eigenvalue weighted by Gasteiger charge is 2.53. The normalized spacial score (nSPS) is 23.9. The van der Waals surface area contributed by atoms with Gasteiger partial charge >= 0.3 is 12.4 Å². The molecule has 0 radical (unpaired) electrons. The van der Waals surface area contributed by atoms with Gasteiger partial charge in [0.25, 0.3) is 0 Å². The van der Waals surface area contributed by atoms with Crippen LogP contribution < -0.4 is 11.1 Å². The summed E-state index contributed by atoms with van der Waals surface area (Å²) in [6.45, 7) is -0.371. The number of amides is 1. The smallest absolute Gasteiger partial charge is 0.354 e. The quantitative estimate of drug-likeness (QED) is 0.767. The van der Waals surface area contributed by atoms with E-state index in [1.54, 1.807) is 0 Å². The fourth-order valence-corrected chi connectivity index (χ4v) is 2.03. The lowest BCUT2D eigenvalue weighted by atomic mass is 10.0. The number of carbonyl (C=O) groups excluding carboxylic acids is 1. The van der Waals surface area contributed by atoms with E-state index in [0.717, 1.165) is 4.90 Å². The minimum absolute atomic E-state index is 0.0765. The van der Waals surface area contributed by atoms with Gasteiger partial charge in [0.1, 0.15) is 0 Å². The van der Waals surface area contributed by atoms with Gasteiger partial charge in [-0.15, -0.1) is 0 Å². The lowest BCUT2D eigenvalue weighted by Gasteiger charge is -2.26. The molecule has 0 aromatic heterocycles. The lowest BCUT2D eigenvalue weighted by molar-refractivity contribution is -0.187. The molecule has 0 aromatic rings. The number of halogens is 6. The van der Waals surface area contributed by atoms with E-state index in [9.17, 15) is 31.1 Å². The Bertz CT molecular complexity index is 379. The second-order valence-corrected chi connectivity index (χ2v) is 5.42. The minimum atomic E-state index is -4.89. The van der Waals surface area contributed by atoms with Crippen molar-refractivity contribution in [3.05, 3.63) is 0 Å². The predicted molar refractivity (Wildman–Crippen MR) is 62.3 cm³/mol. The van der Waals surface area contributed by atoms with Gasteiger partial charge in [0.15, 0.2) is 5.54 Å². The van der Waals surface area contributed by atoms with Crippen molar-refractivity contribution in [1.82, 2.24) is 10.2 Å². The summed E-state index contributed by atoms with van der Waals surface area (Å²) in [4.78, 5) is 12.6. The molecule has 10 heteroatoms. The largest absolute Gasteiger partial charge is 0.415 e. The van der Waals surface area contributed by atoms with Gasteiger partial charge in [0.2, 0.25) is 5.91 Å². The third kappa shape index (κ3) is 5.03. The standard InChI is InChI=1S/C11H17F6N3O/c1-9(18,11(15,16)17)8(21)19-4-7-2-3-20(5-7)6-10(12,13)14/h7H,2-6,18H2,1H3,(H,19,21). The van der Waals surface area contributed by atoms with E-state index in [4.69, 9.17) is 5.73 Å². The zero-order chi connectivity index (χ0) is 16.5. The molecule has 1 aliphatic heterocycles. The number of rotatable bonds is 4. The van der Waals surface area contributed by atoms with E-state index >= 15 is 0 Å². The molecule has 21 heavy (non-hydrogen) atoms. The van der Waals surface area contributed by atoms with Crippen LogP contribution in [0.3, 0.4) is 0 Å². The fraction of sp³-hybridized carbons (Fsp3) is 0.909. The first-order chi connectivity index (χ1) is 9.33. The van der Waals surface area contributed by atoms with Crippen LogP contribution in [0, 0.1) is 5.92 Å². The highest BCUT2D eigenvalue weighted by molar-refractivity contribution is 5.86. The average Bonchev–Trinajstić information content (AvgIpc) is 2.69. The van der Waals surface area contributed by atoms with Crippen LogP contribution in [0.4, 0.5) is 26.3 Å². The highest BCUT2D eigenvalue weighted by Crippen LogP contribution is 2.28. The van der Waals surface area contributed by atoms with Crippen molar-refractivity contribution in [3.8, 4) is 0 Å². The van der Waals surface area contributed by atoms with Gasteiger partial charge in [-0.2, -0.15) is 26.3 Å². The molecule has 2 unspecified atom stereocenters. The zero-order valence-corrected chi connectivity index (χ0v) is 11.3. The van der Waals surface area contributed by atoms with E-state index in [1.807, 2.05) is 0 Å². The van der Waals surface area contributed by atoms with Gasteiger partial charge in [-0.3, -0.25) is 9.69 Å². The summed E-state index contributed by atoms with van der Waals surface area (Å²) < 4.78 is 74.1. The second kappa shape index (κ2) is 5.99. The van der Waals surface area contributed by atoms with Crippen molar-refractivity contribution in [3.63, 3.8) is 0 Å². The van der Waals surface area contributed by atoms with Crippen molar-refractivity contribution in [1.29, 1.82) is 0 Å². The van der Waals surface area contributed by atoms with E-state index in [1.165, 1.54) is 0 Å². The van der Waals surface area contributed by atoms with Gasteiger partial charge < -0.3 is 11.1 Å². The highest BCUT2D eigenvalue weighted by atomic mass is 19.4. The Morgan fingerprint density at radius 1 is 1.29 bits per heavy atom. The summed E-state index contributed by atoms with van der Waals surface area (Å²) in [6.07, 6.45) is -8.83. The molecule has 1 fully saturated rings. The number of hydrogen-bond acceptors (Lipinski definition) is 3. The Balaban J connectivity index is 2.42. The molecule has 1 heterocycles. The second-order valence-electron chi connectivity index (χ2n) is 5.42. The Morgan fingerprint density at radius 2 is 1.86 bits per heavy atom. The molecule has 0 saturated carbocycles. The molecule has 124 valence electrons. The average molecular weight is 321 g/mol. The Morgan fingerprint density at radius 3 is 2.33 bits per heavy atom. The maximum absolute atomic E-state index is 12.5. The predicted octanol–water partition coefficient (Wildman–Crippen LogP) is 1.27. The van der Waals surface area contributed by atoms with Crippen LogP contribution in [0.5, 0.6) is 0 Å². The molecule has 2 atom stereocenters. The molecule has 4 nitrogen and oxygen atoms in total. The zero-order valence-electron chi connectivity index (χ0n) is 11.3. The summed E-state index contributed by atoms with van der Waals surface area (Å²) in [6, 6.07) is 0. The van der Waals surface area contributed by atoms with Crippen LogP contribution in [-0.4, -0.2) is 54.9 Å². The van der Waals surface area contributed by atoms with Crippen molar-refractivity contribution in [2.45, 2.75) is 31.2 Å². The van der Waals surface area contributed by atoms with Gasteiger partial charge in [-0.1, -0.05) is 0 Å². The van der Waals surface area contributed by atoms with Crippen LogP contribution in [0.2, 0.25) is 0 Å². The molecule has 1 amide bonds. The molecular weight excluding hydrogens is 304 g/mol. The van der Waals surface area contributed by atoms with E-state index in [0.29, 0.717) is 13.3 Å². The number of hydrogen-bond donors (Lipinski definition) is 2. The summed E-state index contributed by atoms with van der Waals surface area (Å²) in [5, 5.41) is 2.06. The van der Waals surface area contributed by atoms with Crippen molar-refractivity contribution >= 4 is 5.91 Å². The SMILES string of the molecule is CC(N)(C(=O)NCC1CCN(CC(F)(F)F)C1)C(F)(F)F. The third-order valence-electron chi connectivity index (χ3n) is 3.38. The molecule has 1 rings (SSSR count). The molecule has 1 aliphatic rings. The summed E-state index contributed by atoms with van der Waals surface area (Å²) in [7, 11) is 0.